The van der Waals surface area contributed by atoms with Crippen LogP contribution in [0.2, 0.25) is 0 Å². The van der Waals surface area contributed by atoms with Crippen molar-refractivity contribution < 1.29 is 18.6 Å². The van der Waals surface area contributed by atoms with Crippen molar-refractivity contribution in [2.75, 3.05) is 0 Å². The third kappa shape index (κ3) is 5.29. The second-order valence-electron chi connectivity index (χ2n) is 4.09. The molecule has 0 unspecified atom stereocenters. The summed E-state index contributed by atoms with van der Waals surface area (Å²) in [5.41, 5.74) is 7.34. The van der Waals surface area contributed by atoms with E-state index in [4.69, 9.17) is 0 Å². The van der Waals surface area contributed by atoms with Crippen molar-refractivity contribution in [2.24, 2.45) is 0 Å². The molecule has 0 aliphatic rings. The van der Waals surface area contributed by atoms with E-state index in [1.807, 2.05) is 30.3 Å². The van der Waals surface area contributed by atoms with Crippen LogP contribution < -0.4 is 0 Å². The van der Waals surface area contributed by atoms with E-state index >= 15 is 0 Å². The first kappa shape index (κ1) is 19.6. The Morgan fingerprint density at radius 2 is 0.944 bits per heavy atom. The molecule has 0 N–H and O–H groups in total. The van der Waals surface area contributed by atoms with Gasteiger partial charge in [-0.05, 0) is 0 Å². The molecule has 18 heavy (non-hydrogen) atoms. The van der Waals surface area contributed by atoms with Crippen molar-refractivity contribution in [1.82, 2.24) is 0 Å². The first-order chi connectivity index (χ1) is 8.05. The van der Waals surface area contributed by atoms with Gasteiger partial charge in [-0.2, -0.15) is 34.7 Å². The molecule has 0 saturated heterocycles. The van der Waals surface area contributed by atoms with Crippen molar-refractivity contribution in [3.63, 3.8) is 0 Å². The van der Waals surface area contributed by atoms with Crippen LogP contribution in [-0.2, 0) is 18.6 Å². The minimum atomic E-state index is 0. The summed E-state index contributed by atoms with van der Waals surface area (Å²) >= 11 is 0. The molecule has 0 fully saturated rings. The first-order valence-electron chi connectivity index (χ1n) is 6.12. The molecule has 105 valence electrons. The van der Waals surface area contributed by atoms with Crippen LogP contribution >= 0.6 is 0 Å². The third-order valence-electron chi connectivity index (χ3n) is 3.37. The molecule has 0 spiro atoms. The fourth-order valence-electron chi connectivity index (χ4n) is 1.73. The molecule has 0 nitrogen and oxygen atoms in total. The third-order valence-corrected chi connectivity index (χ3v) is 3.37. The van der Waals surface area contributed by atoms with Gasteiger partial charge in [-0.1, -0.05) is 34.6 Å². The molecular formula is C17H25V-7. The van der Waals surface area contributed by atoms with Gasteiger partial charge in [-0.25, -0.2) is 0 Å². The molecular weight excluding hydrogens is 255 g/mol. The molecule has 1 heteroatoms. The average Bonchev–Trinajstić information content (AvgIpc) is 2.99. The fraction of sp³-hybridized carbons (Fsp3) is 0.353. The molecule has 0 atom stereocenters. The minimum absolute atomic E-state index is 0. The quantitative estimate of drug-likeness (QED) is 0.582. The Morgan fingerprint density at radius 3 is 1.06 bits per heavy atom. The predicted molar refractivity (Wildman–Crippen MR) is 78.8 cm³/mol. The minimum Gasteiger partial charge on any atom is -0.748 e. The van der Waals surface area contributed by atoms with Crippen LogP contribution in [0.1, 0.15) is 34.7 Å². The zero-order valence-electron chi connectivity index (χ0n) is 12.5. The molecule has 0 aliphatic heterocycles. The van der Waals surface area contributed by atoms with Crippen molar-refractivity contribution in [1.29, 1.82) is 0 Å². The summed E-state index contributed by atoms with van der Waals surface area (Å²) in [4.78, 5) is 0. The summed E-state index contributed by atoms with van der Waals surface area (Å²) in [5.74, 6) is 0. The summed E-state index contributed by atoms with van der Waals surface area (Å²) in [5, 5.41) is 0. The van der Waals surface area contributed by atoms with Crippen LogP contribution in [-0.4, -0.2) is 0 Å². The van der Waals surface area contributed by atoms with Gasteiger partial charge in [-0.15, -0.1) is 0 Å². The average molecular weight is 280 g/mol. The molecule has 0 heterocycles. The van der Waals surface area contributed by atoms with Gasteiger partial charge in [0.05, 0.1) is 0 Å². The molecule has 2 aromatic carbocycles. The Labute approximate surface area is 125 Å². The summed E-state index contributed by atoms with van der Waals surface area (Å²) in [7, 11) is 0. The van der Waals surface area contributed by atoms with Gasteiger partial charge in [0.15, 0.2) is 0 Å². The summed E-state index contributed by atoms with van der Waals surface area (Å²) < 4.78 is 0. The summed E-state index contributed by atoms with van der Waals surface area (Å²) in [6.45, 7) is 16.0. The van der Waals surface area contributed by atoms with Gasteiger partial charge < -0.3 is 37.3 Å². The normalized spacial score (nSPS) is 8.39. The molecule has 1 radical (unpaired) electrons. The van der Waals surface area contributed by atoms with Crippen molar-refractivity contribution in [3.05, 3.63) is 65.1 Å². The van der Waals surface area contributed by atoms with E-state index in [1.54, 1.807) is 6.92 Å². The van der Waals surface area contributed by atoms with Gasteiger partial charge in [0.2, 0.25) is 0 Å². The van der Waals surface area contributed by atoms with Crippen molar-refractivity contribution in [2.45, 2.75) is 41.5 Å². The van der Waals surface area contributed by atoms with Crippen molar-refractivity contribution in [3.8, 4) is 0 Å². The van der Waals surface area contributed by atoms with E-state index in [1.165, 1.54) is 27.8 Å². The maximum Gasteiger partial charge on any atom is 0 e. The van der Waals surface area contributed by atoms with E-state index in [0.29, 0.717) is 0 Å². The smallest absolute Gasteiger partial charge is 0 e. The number of hydrogen-bond donors (Lipinski definition) is 0. The van der Waals surface area contributed by atoms with Gasteiger partial charge in [0.25, 0.3) is 0 Å². The number of hydrogen-bond acceptors (Lipinski definition) is 0. The standard InChI is InChI=1S/C10H15.C5H5.C2H5.V/c1-6-7(2)9(4)10(5)8(6)3;1-2-4-5-3-1;1-2;/h1-5H3;1-5H;1H2,2H3;/q-1;-5;-1;. The molecule has 0 amide bonds. The first-order valence-corrected chi connectivity index (χ1v) is 6.12. The van der Waals surface area contributed by atoms with E-state index in [-0.39, 0.29) is 18.6 Å². The Bertz CT molecular complexity index is 308. The van der Waals surface area contributed by atoms with Gasteiger partial charge >= 0.3 is 0 Å². The van der Waals surface area contributed by atoms with Gasteiger partial charge in [0, 0.05) is 18.6 Å². The van der Waals surface area contributed by atoms with Crippen LogP contribution in [0.15, 0.2) is 30.3 Å². The zero-order valence-corrected chi connectivity index (χ0v) is 13.9. The van der Waals surface area contributed by atoms with Crippen LogP contribution in [0.4, 0.5) is 0 Å². The maximum absolute atomic E-state index is 3.25. The Hall–Kier alpha value is -0.716. The van der Waals surface area contributed by atoms with E-state index in [2.05, 4.69) is 41.5 Å². The Kier molecular flexibility index (Phi) is 11.2. The topological polar surface area (TPSA) is 0 Å². The second-order valence-corrected chi connectivity index (χ2v) is 4.09. The SMILES string of the molecule is Cc1c(C)c(C)[c-](C)c1C.[CH2-]C.[V].[cH-]1[cH-][cH-][cH-][cH-]1. The summed E-state index contributed by atoms with van der Waals surface area (Å²) in [6.07, 6.45) is 0. The fourth-order valence-corrected chi connectivity index (χ4v) is 1.73. The van der Waals surface area contributed by atoms with Crippen molar-refractivity contribution >= 4 is 0 Å². The monoisotopic (exact) mass is 280 g/mol. The van der Waals surface area contributed by atoms with Crippen LogP contribution in [0.25, 0.3) is 0 Å². The Morgan fingerprint density at radius 1 is 0.722 bits per heavy atom. The maximum atomic E-state index is 3.25. The molecule has 0 aromatic heterocycles. The van der Waals surface area contributed by atoms with E-state index < -0.39 is 0 Å². The number of rotatable bonds is 0. The van der Waals surface area contributed by atoms with Gasteiger partial charge in [-0.3, -0.25) is 0 Å². The second kappa shape index (κ2) is 10.2. The summed E-state index contributed by atoms with van der Waals surface area (Å²) in [6, 6.07) is 10.0. The van der Waals surface area contributed by atoms with Gasteiger partial charge in [0.1, 0.15) is 0 Å². The molecule has 0 aliphatic carbocycles. The van der Waals surface area contributed by atoms with Crippen LogP contribution in [0, 0.1) is 41.5 Å². The largest absolute Gasteiger partial charge is 0.748 e. The molecule has 2 rings (SSSR count). The van der Waals surface area contributed by atoms with Crippen LogP contribution in [0.3, 0.4) is 0 Å². The van der Waals surface area contributed by atoms with E-state index in [0.717, 1.165) is 0 Å². The van der Waals surface area contributed by atoms with Crippen LogP contribution in [0.5, 0.6) is 0 Å². The zero-order chi connectivity index (χ0) is 13.4. The Balaban J connectivity index is 0. The predicted octanol–water partition coefficient (Wildman–Crippen LogP) is 5.19. The van der Waals surface area contributed by atoms with E-state index in [9.17, 15) is 0 Å². The molecule has 0 bridgehead atoms. The molecule has 2 aromatic rings. The molecule has 0 saturated carbocycles.